The van der Waals surface area contributed by atoms with Crippen LogP contribution in [0.4, 0.5) is 19.0 Å². The topological polar surface area (TPSA) is 24.9 Å². The van der Waals surface area contributed by atoms with Crippen molar-refractivity contribution < 1.29 is 13.2 Å². The van der Waals surface area contributed by atoms with Crippen molar-refractivity contribution in [1.82, 2.24) is 4.98 Å². The second kappa shape index (κ2) is 5.48. The third-order valence-corrected chi connectivity index (χ3v) is 2.74. The fourth-order valence-corrected chi connectivity index (χ4v) is 1.73. The summed E-state index contributed by atoms with van der Waals surface area (Å²) in [6, 6.07) is 8.45. The van der Waals surface area contributed by atoms with Crippen molar-refractivity contribution in [2.75, 3.05) is 5.32 Å². The Hall–Kier alpha value is -1.75. The third-order valence-electron chi connectivity index (χ3n) is 2.49. The van der Waals surface area contributed by atoms with Crippen molar-refractivity contribution in [3.8, 4) is 0 Å². The Morgan fingerprint density at radius 1 is 1.05 bits per heavy atom. The molecule has 100 valence electrons. The van der Waals surface area contributed by atoms with Crippen LogP contribution in [0.15, 0.2) is 48.7 Å². The molecule has 1 N–H and O–H groups in total. The maximum absolute atomic E-state index is 13.1. The molecule has 1 heterocycles. The standard InChI is InChI=1S/C13H10ClF3N2/c14-10-6-4-9(5-7-10)12(13(15,16)17)19-11-3-1-2-8-18-11/h1-8,12H,(H,18,19). The van der Waals surface area contributed by atoms with Gasteiger partial charge in [0.05, 0.1) is 0 Å². The minimum absolute atomic E-state index is 0.0857. The minimum atomic E-state index is -4.43. The number of hydrogen-bond acceptors (Lipinski definition) is 2. The molecule has 0 fully saturated rings. The zero-order valence-corrected chi connectivity index (χ0v) is 10.4. The lowest BCUT2D eigenvalue weighted by Gasteiger charge is -2.22. The Balaban J connectivity index is 2.29. The summed E-state index contributed by atoms with van der Waals surface area (Å²) in [5.41, 5.74) is 0.0857. The lowest BCUT2D eigenvalue weighted by molar-refractivity contribution is -0.144. The van der Waals surface area contributed by atoms with Crippen LogP contribution in [0.1, 0.15) is 11.6 Å². The van der Waals surface area contributed by atoms with Crippen LogP contribution in [0.2, 0.25) is 5.02 Å². The molecule has 19 heavy (non-hydrogen) atoms. The number of nitrogens with zero attached hydrogens (tertiary/aromatic N) is 1. The van der Waals surface area contributed by atoms with Gasteiger partial charge in [-0.05, 0) is 29.8 Å². The highest BCUT2D eigenvalue weighted by molar-refractivity contribution is 6.30. The van der Waals surface area contributed by atoms with Gasteiger partial charge in [0, 0.05) is 11.2 Å². The minimum Gasteiger partial charge on any atom is -0.355 e. The summed E-state index contributed by atoms with van der Waals surface area (Å²) in [5, 5.41) is 2.77. The number of nitrogens with one attached hydrogen (secondary N) is 1. The van der Waals surface area contributed by atoms with Crippen LogP contribution in [-0.4, -0.2) is 11.2 Å². The van der Waals surface area contributed by atoms with Crippen molar-refractivity contribution in [1.29, 1.82) is 0 Å². The second-order valence-corrected chi connectivity index (χ2v) is 4.32. The number of rotatable bonds is 3. The van der Waals surface area contributed by atoms with Crippen molar-refractivity contribution in [3.63, 3.8) is 0 Å². The summed E-state index contributed by atoms with van der Waals surface area (Å²) in [4.78, 5) is 3.84. The molecule has 0 saturated carbocycles. The first-order valence-electron chi connectivity index (χ1n) is 5.46. The van der Waals surface area contributed by atoms with E-state index in [-0.39, 0.29) is 11.4 Å². The Morgan fingerprint density at radius 2 is 1.74 bits per heavy atom. The van der Waals surface area contributed by atoms with E-state index in [1.165, 1.54) is 36.5 Å². The van der Waals surface area contributed by atoms with Gasteiger partial charge in [-0.3, -0.25) is 0 Å². The zero-order valence-electron chi connectivity index (χ0n) is 9.66. The van der Waals surface area contributed by atoms with E-state index in [2.05, 4.69) is 10.3 Å². The SMILES string of the molecule is FC(F)(F)C(Nc1ccccn1)c1ccc(Cl)cc1. The van der Waals surface area contributed by atoms with Crippen molar-refractivity contribution in [3.05, 3.63) is 59.2 Å². The second-order valence-electron chi connectivity index (χ2n) is 3.89. The van der Waals surface area contributed by atoms with Gasteiger partial charge in [-0.25, -0.2) is 4.98 Å². The fraction of sp³-hybridized carbons (Fsp3) is 0.154. The van der Waals surface area contributed by atoms with Crippen LogP contribution in [-0.2, 0) is 0 Å². The number of benzene rings is 1. The molecule has 0 aliphatic rings. The van der Waals surface area contributed by atoms with Crippen LogP contribution >= 0.6 is 11.6 Å². The summed E-state index contributed by atoms with van der Waals surface area (Å²) >= 11 is 5.68. The van der Waals surface area contributed by atoms with Gasteiger partial charge in [-0.15, -0.1) is 0 Å². The summed E-state index contributed by atoms with van der Waals surface area (Å²) in [5.74, 6) is 0.166. The summed E-state index contributed by atoms with van der Waals surface area (Å²) < 4.78 is 39.2. The molecule has 0 amide bonds. The van der Waals surface area contributed by atoms with Crippen molar-refractivity contribution in [2.24, 2.45) is 0 Å². The van der Waals surface area contributed by atoms with E-state index < -0.39 is 12.2 Å². The molecule has 0 bridgehead atoms. The van der Waals surface area contributed by atoms with Gasteiger partial charge in [-0.2, -0.15) is 13.2 Å². The number of alkyl halides is 3. The van der Waals surface area contributed by atoms with E-state index in [0.717, 1.165) is 0 Å². The predicted octanol–water partition coefficient (Wildman–Crippen LogP) is 4.45. The van der Waals surface area contributed by atoms with Crippen molar-refractivity contribution in [2.45, 2.75) is 12.2 Å². The molecule has 0 saturated heterocycles. The molecule has 6 heteroatoms. The fourth-order valence-electron chi connectivity index (χ4n) is 1.61. The normalized spacial score (nSPS) is 13.1. The summed E-state index contributed by atoms with van der Waals surface area (Å²) in [6.45, 7) is 0. The number of anilines is 1. The van der Waals surface area contributed by atoms with Crippen LogP contribution < -0.4 is 5.32 Å². The van der Waals surface area contributed by atoms with Gasteiger partial charge in [-0.1, -0.05) is 29.8 Å². The Kier molecular flexibility index (Phi) is 3.95. The molecule has 2 rings (SSSR count). The Morgan fingerprint density at radius 3 is 2.26 bits per heavy atom. The molecule has 0 radical (unpaired) electrons. The van der Waals surface area contributed by atoms with E-state index in [0.29, 0.717) is 5.02 Å². The molecule has 1 aromatic heterocycles. The number of hydrogen-bond donors (Lipinski definition) is 1. The molecular weight excluding hydrogens is 277 g/mol. The highest BCUT2D eigenvalue weighted by Crippen LogP contribution is 2.35. The molecule has 0 spiro atoms. The molecule has 1 unspecified atom stereocenters. The van der Waals surface area contributed by atoms with Gasteiger partial charge in [0.25, 0.3) is 0 Å². The Bertz CT molecular complexity index is 526. The number of halogens is 4. The molecule has 2 nitrogen and oxygen atoms in total. The molecule has 0 aliphatic heterocycles. The average Bonchev–Trinajstić information content (AvgIpc) is 2.37. The van der Waals surface area contributed by atoms with Gasteiger partial charge >= 0.3 is 6.18 Å². The van der Waals surface area contributed by atoms with Crippen LogP contribution in [0.5, 0.6) is 0 Å². The maximum Gasteiger partial charge on any atom is 0.412 e. The molecular formula is C13H10ClF3N2. The lowest BCUT2D eigenvalue weighted by atomic mass is 10.1. The Labute approximate surface area is 113 Å². The molecule has 1 aromatic carbocycles. The maximum atomic E-state index is 13.1. The first-order valence-corrected chi connectivity index (χ1v) is 5.84. The lowest BCUT2D eigenvalue weighted by Crippen LogP contribution is -2.28. The average molecular weight is 287 g/mol. The van der Waals surface area contributed by atoms with Gasteiger partial charge in [0.1, 0.15) is 11.9 Å². The molecule has 2 aromatic rings. The monoisotopic (exact) mass is 286 g/mol. The van der Waals surface area contributed by atoms with E-state index >= 15 is 0 Å². The zero-order chi connectivity index (χ0) is 13.9. The molecule has 1 atom stereocenters. The molecule has 0 aliphatic carbocycles. The first kappa shape index (κ1) is 13.7. The quantitative estimate of drug-likeness (QED) is 0.901. The van der Waals surface area contributed by atoms with Gasteiger partial charge in [0.2, 0.25) is 0 Å². The van der Waals surface area contributed by atoms with Gasteiger partial charge in [0.15, 0.2) is 0 Å². The van der Waals surface area contributed by atoms with Crippen LogP contribution in [0.3, 0.4) is 0 Å². The van der Waals surface area contributed by atoms with E-state index in [9.17, 15) is 13.2 Å². The van der Waals surface area contributed by atoms with E-state index in [1.54, 1.807) is 12.1 Å². The summed E-state index contributed by atoms with van der Waals surface area (Å²) in [6.07, 6.45) is -3.00. The highest BCUT2D eigenvalue weighted by Gasteiger charge is 2.41. The first-order chi connectivity index (χ1) is 8.97. The smallest absolute Gasteiger partial charge is 0.355 e. The van der Waals surface area contributed by atoms with E-state index in [1.807, 2.05) is 0 Å². The van der Waals surface area contributed by atoms with E-state index in [4.69, 9.17) is 11.6 Å². The summed E-state index contributed by atoms with van der Waals surface area (Å²) in [7, 11) is 0. The van der Waals surface area contributed by atoms with Crippen LogP contribution in [0.25, 0.3) is 0 Å². The number of pyridine rings is 1. The van der Waals surface area contributed by atoms with Crippen molar-refractivity contribution >= 4 is 17.4 Å². The third kappa shape index (κ3) is 3.61. The number of aromatic nitrogens is 1. The van der Waals surface area contributed by atoms with Gasteiger partial charge < -0.3 is 5.32 Å². The predicted molar refractivity (Wildman–Crippen MR) is 68.1 cm³/mol. The largest absolute Gasteiger partial charge is 0.412 e. The van der Waals surface area contributed by atoms with Crippen LogP contribution in [0, 0.1) is 0 Å². The highest BCUT2D eigenvalue weighted by atomic mass is 35.5.